The van der Waals surface area contributed by atoms with Crippen molar-refractivity contribution in [1.29, 1.82) is 0 Å². The van der Waals surface area contributed by atoms with Gasteiger partial charge in [0.1, 0.15) is 23.4 Å². The molecule has 0 fully saturated rings. The molecule has 8 nitrogen and oxygen atoms in total. The average molecular weight is 455 g/mol. The largest absolute Gasteiger partial charge is 0.497 e. The van der Waals surface area contributed by atoms with Crippen molar-refractivity contribution in [2.45, 2.75) is 25.8 Å². The second-order valence-electron chi connectivity index (χ2n) is 7.30. The van der Waals surface area contributed by atoms with Crippen LogP contribution in [0.2, 0.25) is 5.02 Å². The molecule has 0 saturated carbocycles. The highest BCUT2D eigenvalue weighted by atomic mass is 35.5. The number of halogens is 1. The summed E-state index contributed by atoms with van der Waals surface area (Å²) in [7, 11) is 3.06. The fourth-order valence-electron chi connectivity index (χ4n) is 3.79. The van der Waals surface area contributed by atoms with Crippen LogP contribution >= 0.6 is 11.6 Å². The van der Waals surface area contributed by atoms with Gasteiger partial charge in [-0.2, -0.15) is 5.10 Å². The molecule has 32 heavy (non-hydrogen) atoms. The number of nitrogens with zero attached hydrogens (tertiary/aromatic N) is 2. The molecule has 2 heterocycles. The number of anilines is 2. The molecule has 1 unspecified atom stereocenters. The normalized spacial score (nSPS) is 14.6. The number of nitrogens with one attached hydrogen (secondary N) is 2. The maximum atomic E-state index is 12.8. The zero-order valence-corrected chi connectivity index (χ0v) is 18.7. The van der Waals surface area contributed by atoms with Crippen LogP contribution in [0, 0.1) is 0 Å². The highest BCUT2D eigenvalue weighted by molar-refractivity contribution is 6.30. The Kier molecular flexibility index (Phi) is 6.05. The van der Waals surface area contributed by atoms with Crippen LogP contribution in [0.15, 0.2) is 42.5 Å². The van der Waals surface area contributed by atoms with Crippen molar-refractivity contribution in [3.8, 4) is 22.6 Å². The summed E-state index contributed by atoms with van der Waals surface area (Å²) >= 11 is 6.17. The molecule has 166 valence electrons. The Balaban J connectivity index is 1.60. The standard InChI is InChI=1S/C23H23ClN4O4/c1-4-16-21(13-6-5-7-14(24)10-13)22-26-23(30)18(28(22)27-16)12-20(29)25-17-9-8-15(31-2)11-19(17)32-3/h5-11,18H,4,12H2,1-3H3,(H,25,29)(H,26,30). The van der Waals surface area contributed by atoms with Crippen LogP contribution in [0.1, 0.15) is 25.1 Å². The van der Waals surface area contributed by atoms with Gasteiger partial charge in [-0.15, -0.1) is 0 Å². The molecule has 9 heteroatoms. The van der Waals surface area contributed by atoms with Gasteiger partial charge in [0.25, 0.3) is 5.91 Å². The maximum absolute atomic E-state index is 12.8. The number of methoxy groups -OCH3 is 2. The number of carbonyl (C=O) groups excluding carboxylic acids is 2. The van der Waals surface area contributed by atoms with E-state index in [9.17, 15) is 9.59 Å². The lowest BCUT2D eigenvalue weighted by Gasteiger charge is -2.13. The molecule has 4 rings (SSSR count). The third-order valence-electron chi connectivity index (χ3n) is 5.33. The molecular weight excluding hydrogens is 432 g/mol. The molecule has 0 bridgehead atoms. The number of rotatable bonds is 7. The van der Waals surface area contributed by atoms with Crippen LogP contribution in [-0.2, 0) is 16.0 Å². The van der Waals surface area contributed by atoms with E-state index in [1.54, 1.807) is 36.1 Å². The molecular formula is C23H23ClN4O4. The van der Waals surface area contributed by atoms with E-state index in [0.717, 1.165) is 16.8 Å². The fraction of sp³-hybridized carbons (Fsp3) is 0.261. The Morgan fingerprint density at radius 3 is 2.72 bits per heavy atom. The molecule has 0 spiro atoms. The summed E-state index contributed by atoms with van der Waals surface area (Å²) in [6, 6.07) is 11.7. The molecule has 2 N–H and O–H groups in total. The summed E-state index contributed by atoms with van der Waals surface area (Å²) in [4.78, 5) is 25.5. The third-order valence-corrected chi connectivity index (χ3v) is 5.57. The lowest BCUT2D eigenvalue weighted by atomic mass is 10.0. The highest BCUT2D eigenvalue weighted by Gasteiger charge is 2.36. The predicted molar refractivity (Wildman–Crippen MR) is 123 cm³/mol. The van der Waals surface area contributed by atoms with Gasteiger partial charge in [-0.1, -0.05) is 30.7 Å². The Hall–Kier alpha value is -3.52. The Labute approximate surface area is 190 Å². The van der Waals surface area contributed by atoms with Gasteiger partial charge in [0, 0.05) is 16.7 Å². The number of aromatic nitrogens is 2. The van der Waals surface area contributed by atoms with Gasteiger partial charge >= 0.3 is 0 Å². The zero-order valence-electron chi connectivity index (χ0n) is 17.9. The minimum Gasteiger partial charge on any atom is -0.497 e. The van der Waals surface area contributed by atoms with Crippen LogP contribution in [-0.4, -0.2) is 35.8 Å². The molecule has 3 aromatic rings. The molecule has 0 radical (unpaired) electrons. The van der Waals surface area contributed by atoms with Gasteiger partial charge < -0.3 is 20.1 Å². The molecule has 0 saturated heterocycles. The third kappa shape index (κ3) is 4.01. The Morgan fingerprint density at radius 2 is 2.03 bits per heavy atom. The van der Waals surface area contributed by atoms with Crippen LogP contribution < -0.4 is 20.1 Å². The fourth-order valence-corrected chi connectivity index (χ4v) is 3.98. The van der Waals surface area contributed by atoms with E-state index in [1.807, 2.05) is 25.1 Å². The highest BCUT2D eigenvalue weighted by Crippen LogP contribution is 2.39. The van der Waals surface area contributed by atoms with E-state index in [1.165, 1.54) is 7.11 Å². The van der Waals surface area contributed by atoms with Gasteiger partial charge in [0.2, 0.25) is 5.91 Å². The van der Waals surface area contributed by atoms with E-state index >= 15 is 0 Å². The molecule has 1 aromatic heterocycles. The minimum absolute atomic E-state index is 0.0756. The lowest BCUT2D eigenvalue weighted by Crippen LogP contribution is -2.24. The van der Waals surface area contributed by atoms with Crippen molar-refractivity contribution in [1.82, 2.24) is 9.78 Å². The van der Waals surface area contributed by atoms with E-state index in [4.69, 9.17) is 21.1 Å². The molecule has 0 aliphatic carbocycles. The topological polar surface area (TPSA) is 94.5 Å². The van der Waals surface area contributed by atoms with Gasteiger partial charge in [0.15, 0.2) is 0 Å². The molecule has 2 amide bonds. The molecule has 1 atom stereocenters. The van der Waals surface area contributed by atoms with Crippen molar-refractivity contribution in [2.75, 3.05) is 24.9 Å². The first-order valence-corrected chi connectivity index (χ1v) is 10.5. The quantitative estimate of drug-likeness (QED) is 0.555. The monoisotopic (exact) mass is 454 g/mol. The number of fused-ring (bicyclic) bond motifs is 1. The van der Waals surface area contributed by atoms with Crippen LogP contribution in [0.25, 0.3) is 11.1 Å². The number of ether oxygens (including phenoxy) is 2. The average Bonchev–Trinajstić information content (AvgIpc) is 3.29. The van der Waals surface area contributed by atoms with Crippen molar-refractivity contribution in [2.24, 2.45) is 0 Å². The van der Waals surface area contributed by atoms with E-state index in [-0.39, 0.29) is 18.2 Å². The predicted octanol–water partition coefficient (Wildman–Crippen LogP) is 4.31. The van der Waals surface area contributed by atoms with E-state index < -0.39 is 6.04 Å². The first-order valence-electron chi connectivity index (χ1n) is 10.1. The van der Waals surface area contributed by atoms with Gasteiger partial charge in [-0.25, -0.2) is 4.68 Å². The Bertz CT molecular complexity index is 1190. The Morgan fingerprint density at radius 1 is 1.22 bits per heavy atom. The van der Waals surface area contributed by atoms with Crippen molar-refractivity contribution in [3.05, 3.63) is 53.2 Å². The van der Waals surface area contributed by atoms with E-state index in [2.05, 4.69) is 15.7 Å². The summed E-state index contributed by atoms with van der Waals surface area (Å²) in [5.41, 5.74) is 3.00. The summed E-state index contributed by atoms with van der Waals surface area (Å²) in [5, 5.41) is 10.9. The lowest BCUT2D eigenvalue weighted by molar-refractivity contribution is -0.123. The summed E-state index contributed by atoms with van der Waals surface area (Å²) in [6.07, 6.45) is 0.591. The number of carbonyl (C=O) groups is 2. The molecule has 1 aliphatic heterocycles. The second kappa shape index (κ2) is 8.92. The van der Waals surface area contributed by atoms with Crippen LogP contribution in [0.4, 0.5) is 11.5 Å². The summed E-state index contributed by atoms with van der Waals surface area (Å²) < 4.78 is 12.1. The van der Waals surface area contributed by atoms with Crippen molar-refractivity contribution >= 4 is 34.9 Å². The second-order valence-corrected chi connectivity index (χ2v) is 7.74. The van der Waals surface area contributed by atoms with Crippen LogP contribution in [0.3, 0.4) is 0 Å². The molecule has 2 aromatic carbocycles. The minimum atomic E-state index is -0.757. The van der Waals surface area contributed by atoms with Crippen molar-refractivity contribution < 1.29 is 19.1 Å². The number of amides is 2. The number of hydrogen-bond donors (Lipinski definition) is 2. The smallest absolute Gasteiger partial charge is 0.251 e. The summed E-state index contributed by atoms with van der Waals surface area (Å²) in [5.74, 6) is 1.03. The maximum Gasteiger partial charge on any atom is 0.251 e. The number of aryl methyl sites for hydroxylation is 1. The summed E-state index contributed by atoms with van der Waals surface area (Å²) in [6.45, 7) is 1.99. The van der Waals surface area contributed by atoms with Crippen molar-refractivity contribution in [3.63, 3.8) is 0 Å². The SMILES string of the molecule is CCc1nn2c(c1-c1cccc(Cl)c1)NC(=O)C2CC(=O)Nc1ccc(OC)cc1OC. The van der Waals surface area contributed by atoms with Gasteiger partial charge in [-0.05, 0) is 36.2 Å². The molecule has 1 aliphatic rings. The van der Waals surface area contributed by atoms with Gasteiger partial charge in [-0.3, -0.25) is 9.59 Å². The van der Waals surface area contributed by atoms with E-state index in [0.29, 0.717) is 34.4 Å². The van der Waals surface area contributed by atoms with Gasteiger partial charge in [0.05, 0.1) is 32.0 Å². The van der Waals surface area contributed by atoms with Crippen LogP contribution in [0.5, 0.6) is 11.5 Å². The first-order chi connectivity index (χ1) is 15.4. The zero-order chi connectivity index (χ0) is 22.8. The number of benzene rings is 2. The first kappa shape index (κ1) is 21.7. The number of hydrogen-bond acceptors (Lipinski definition) is 5.